The summed E-state index contributed by atoms with van der Waals surface area (Å²) in [7, 11) is 0. The summed E-state index contributed by atoms with van der Waals surface area (Å²) in [5, 5.41) is 0. The normalized spacial score (nSPS) is 21.1. The molecule has 1 unspecified atom stereocenters. The lowest BCUT2D eigenvalue weighted by Crippen LogP contribution is -2.47. The van der Waals surface area contributed by atoms with Crippen molar-refractivity contribution in [1.82, 2.24) is 9.80 Å². The minimum absolute atomic E-state index is 0.0994. The van der Waals surface area contributed by atoms with Gasteiger partial charge in [0.1, 0.15) is 0 Å². The number of nitrogens with zero attached hydrogens (tertiary/aromatic N) is 4. The SMILES string of the molecule is CC(C)c1cccc(C(C)C)c1N1CC(C2CCCCCCCC2)N(c2c(C(C)C)cc(CC(C)(C)N3CCN(C(C)(C)C)C3)cc2C(C)C)C1. The van der Waals surface area contributed by atoms with Crippen LogP contribution in [0.3, 0.4) is 0 Å². The van der Waals surface area contributed by atoms with Gasteiger partial charge in [0.25, 0.3) is 0 Å². The predicted molar refractivity (Wildman–Crippen MR) is 224 cm³/mol. The molecule has 0 spiro atoms. The van der Waals surface area contributed by atoms with E-state index in [9.17, 15) is 0 Å². The third-order valence-corrected chi connectivity index (χ3v) is 12.9. The van der Waals surface area contributed by atoms with Gasteiger partial charge in [-0.1, -0.05) is 124 Å². The van der Waals surface area contributed by atoms with Crippen molar-refractivity contribution < 1.29 is 0 Å². The second kappa shape index (κ2) is 16.5. The molecule has 3 aliphatic rings. The molecule has 0 bridgehead atoms. The summed E-state index contributed by atoms with van der Waals surface area (Å²) in [4.78, 5) is 11.2. The first-order valence-corrected chi connectivity index (χ1v) is 21.3. The van der Waals surface area contributed by atoms with Gasteiger partial charge in [0.2, 0.25) is 0 Å². The summed E-state index contributed by atoms with van der Waals surface area (Å²) in [6.45, 7) is 36.9. The average Bonchev–Trinajstić information content (AvgIpc) is 3.75. The lowest BCUT2D eigenvalue weighted by molar-refractivity contribution is 0.0867. The lowest BCUT2D eigenvalue weighted by atomic mass is 9.84. The van der Waals surface area contributed by atoms with Crippen LogP contribution < -0.4 is 9.80 Å². The van der Waals surface area contributed by atoms with Crippen molar-refractivity contribution in [3.8, 4) is 0 Å². The molecule has 4 nitrogen and oxygen atoms in total. The van der Waals surface area contributed by atoms with Crippen LogP contribution in [0, 0.1) is 5.92 Å². The van der Waals surface area contributed by atoms with Gasteiger partial charge in [0, 0.05) is 42.1 Å². The third kappa shape index (κ3) is 9.20. The molecule has 286 valence electrons. The van der Waals surface area contributed by atoms with Crippen molar-refractivity contribution in [3.63, 3.8) is 0 Å². The molecule has 0 amide bonds. The Bertz CT molecular complexity index is 1360. The van der Waals surface area contributed by atoms with Crippen LogP contribution in [0.5, 0.6) is 0 Å². The molecule has 2 aromatic rings. The summed E-state index contributed by atoms with van der Waals surface area (Å²) in [5.41, 5.74) is 11.1. The number of benzene rings is 2. The van der Waals surface area contributed by atoms with Gasteiger partial charge in [-0.2, -0.15) is 0 Å². The Hall–Kier alpha value is -2.04. The fourth-order valence-electron chi connectivity index (χ4n) is 9.70. The number of hydrogen-bond acceptors (Lipinski definition) is 4. The lowest BCUT2D eigenvalue weighted by Gasteiger charge is -2.39. The Morgan fingerprint density at radius 2 is 1.10 bits per heavy atom. The maximum atomic E-state index is 2.96. The molecule has 2 heterocycles. The van der Waals surface area contributed by atoms with Crippen molar-refractivity contribution in [2.75, 3.05) is 42.8 Å². The molecule has 2 aromatic carbocycles. The maximum absolute atomic E-state index is 2.96. The molecule has 1 aliphatic carbocycles. The largest absolute Gasteiger partial charge is 0.351 e. The Balaban J connectivity index is 1.60. The zero-order valence-corrected chi connectivity index (χ0v) is 35.5. The monoisotopic (exact) mass is 699 g/mol. The molecule has 1 atom stereocenters. The summed E-state index contributed by atoms with van der Waals surface area (Å²) in [5.74, 6) is 2.67. The van der Waals surface area contributed by atoms with E-state index < -0.39 is 0 Å². The fourth-order valence-corrected chi connectivity index (χ4v) is 9.70. The Morgan fingerprint density at radius 1 is 0.608 bits per heavy atom. The second-order valence-corrected chi connectivity index (χ2v) is 19.7. The van der Waals surface area contributed by atoms with Gasteiger partial charge < -0.3 is 9.80 Å². The standard InChI is InChI=1S/C47H78N4/c1-33(2)39-23-20-24-40(34(3)4)44(39)48-30-43(38-21-18-16-14-15-17-19-22-38)51(31-48)45-41(35(5)6)27-37(28-42(45)36(7)8)29-47(12,13)50-26-25-49(32-50)46(9,10)11/h20,23-24,27-28,33-36,38,43H,14-19,21-22,25-26,29-32H2,1-13H3. The van der Waals surface area contributed by atoms with E-state index in [1.807, 2.05) is 0 Å². The molecular weight excluding hydrogens is 621 g/mol. The molecule has 0 N–H and O–H groups in total. The van der Waals surface area contributed by atoms with E-state index in [2.05, 4.69) is 140 Å². The van der Waals surface area contributed by atoms with Gasteiger partial charge in [-0.3, -0.25) is 9.80 Å². The number of para-hydroxylation sites is 1. The van der Waals surface area contributed by atoms with Gasteiger partial charge in [-0.05, 0) is 111 Å². The van der Waals surface area contributed by atoms with Gasteiger partial charge in [0.15, 0.2) is 0 Å². The fraction of sp³-hybridized carbons (Fsp3) is 0.745. The molecule has 1 saturated carbocycles. The van der Waals surface area contributed by atoms with E-state index in [0.717, 1.165) is 45.3 Å². The Kier molecular flexibility index (Phi) is 13.0. The summed E-state index contributed by atoms with van der Waals surface area (Å²) in [6, 6.07) is 13.0. The van der Waals surface area contributed by atoms with E-state index >= 15 is 0 Å². The van der Waals surface area contributed by atoms with Gasteiger partial charge in [-0.15, -0.1) is 0 Å². The van der Waals surface area contributed by atoms with Gasteiger partial charge in [-0.25, -0.2) is 0 Å². The Labute approximate surface area is 315 Å². The van der Waals surface area contributed by atoms with Crippen molar-refractivity contribution in [1.29, 1.82) is 0 Å². The minimum Gasteiger partial charge on any atom is -0.351 e. The van der Waals surface area contributed by atoms with Crippen molar-refractivity contribution in [3.05, 3.63) is 58.1 Å². The zero-order chi connectivity index (χ0) is 37.2. The van der Waals surface area contributed by atoms with Crippen molar-refractivity contribution >= 4 is 11.4 Å². The molecular formula is C47H78N4. The first-order valence-electron chi connectivity index (χ1n) is 21.3. The zero-order valence-electron chi connectivity index (χ0n) is 35.5. The predicted octanol–water partition coefficient (Wildman–Crippen LogP) is 12.3. The number of hydrogen-bond donors (Lipinski definition) is 0. The molecule has 0 aromatic heterocycles. The van der Waals surface area contributed by atoms with E-state index in [0.29, 0.717) is 29.7 Å². The molecule has 2 aliphatic heterocycles. The topological polar surface area (TPSA) is 13.0 Å². The number of anilines is 2. The first-order chi connectivity index (χ1) is 24.0. The van der Waals surface area contributed by atoms with Crippen LogP contribution in [0.4, 0.5) is 11.4 Å². The van der Waals surface area contributed by atoms with Crippen LogP contribution in [-0.2, 0) is 6.42 Å². The molecule has 0 radical (unpaired) electrons. The molecule has 5 rings (SSSR count). The van der Waals surface area contributed by atoms with Gasteiger partial charge >= 0.3 is 0 Å². The quantitative estimate of drug-likeness (QED) is 0.245. The highest BCUT2D eigenvalue weighted by Gasteiger charge is 2.41. The third-order valence-electron chi connectivity index (χ3n) is 12.9. The highest BCUT2D eigenvalue weighted by molar-refractivity contribution is 5.69. The molecule has 2 saturated heterocycles. The average molecular weight is 699 g/mol. The summed E-state index contributed by atoms with van der Waals surface area (Å²) >= 11 is 0. The highest BCUT2D eigenvalue weighted by Crippen LogP contribution is 2.45. The minimum atomic E-state index is 0.0994. The second-order valence-electron chi connectivity index (χ2n) is 19.7. The van der Waals surface area contributed by atoms with Crippen LogP contribution in [0.25, 0.3) is 0 Å². The maximum Gasteiger partial charge on any atom is 0.0907 e. The summed E-state index contributed by atoms with van der Waals surface area (Å²) < 4.78 is 0. The molecule has 51 heavy (non-hydrogen) atoms. The van der Waals surface area contributed by atoms with E-state index in [1.165, 1.54) is 73.7 Å². The molecule has 4 heteroatoms. The highest BCUT2D eigenvalue weighted by atomic mass is 15.4. The van der Waals surface area contributed by atoms with Crippen molar-refractivity contribution in [2.45, 2.75) is 189 Å². The van der Waals surface area contributed by atoms with Crippen LogP contribution >= 0.6 is 0 Å². The van der Waals surface area contributed by atoms with Crippen LogP contribution in [0.2, 0.25) is 0 Å². The number of rotatable bonds is 10. The smallest absolute Gasteiger partial charge is 0.0907 e. The van der Waals surface area contributed by atoms with Crippen LogP contribution in [-0.4, -0.2) is 59.9 Å². The van der Waals surface area contributed by atoms with Crippen molar-refractivity contribution in [2.24, 2.45) is 5.92 Å². The molecule has 3 fully saturated rings. The van der Waals surface area contributed by atoms with E-state index in [4.69, 9.17) is 0 Å². The van der Waals surface area contributed by atoms with E-state index in [1.54, 1.807) is 16.8 Å². The van der Waals surface area contributed by atoms with Crippen LogP contribution in [0.15, 0.2) is 30.3 Å². The van der Waals surface area contributed by atoms with Gasteiger partial charge in [0.05, 0.1) is 19.4 Å². The van der Waals surface area contributed by atoms with Crippen LogP contribution in [0.1, 0.15) is 193 Å². The Morgan fingerprint density at radius 3 is 1.57 bits per heavy atom. The summed E-state index contributed by atoms with van der Waals surface area (Å²) in [6.07, 6.45) is 12.3. The first kappa shape index (κ1) is 40.2. The van der Waals surface area contributed by atoms with E-state index in [-0.39, 0.29) is 11.1 Å².